The molecule has 1 aromatic heterocycles. The number of aromatic nitrogens is 1. The van der Waals surface area contributed by atoms with Crippen molar-refractivity contribution >= 4 is 11.3 Å². The molecule has 0 fully saturated rings. The van der Waals surface area contributed by atoms with Gasteiger partial charge in [-0.05, 0) is 56.5 Å². The number of methoxy groups -OCH3 is 1. The predicted octanol–water partition coefficient (Wildman–Crippen LogP) is 3.47. The first-order valence-corrected chi connectivity index (χ1v) is 8.28. The van der Waals surface area contributed by atoms with Crippen molar-refractivity contribution in [3.8, 4) is 5.75 Å². The topological polar surface area (TPSA) is 34.1 Å². The van der Waals surface area contributed by atoms with E-state index < -0.39 is 0 Å². The van der Waals surface area contributed by atoms with Gasteiger partial charge in [0.25, 0.3) is 0 Å². The zero-order chi connectivity index (χ0) is 15.1. The minimum Gasteiger partial charge on any atom is -0.497 e. The van der Waals surface area contributed by atoms with E-state index in [1.165, 1.54) is 10.4 Å². The van der Waals surface area contributed by atoms with Crippen LogP contribution in [0.2, 0.25) is 0 Å². The number of hydrogen-bond acceptors (Lipinski definition) is 4. The number of nitrogens with zero attached hydrogens (tertiary/aromatic N) is 1. The molecule has 21 heavy (non-hydrogen) atoms. The van der Waals surface area contributed by atoms with Gasteiger partial charge in [0.15, 0.2) is 0 Å². The molecule has 114 valence electrons. The Hall–Kier alpha value is -1.39. The molecule has 0 aliphatic rings. The summed E-state index contributed by atoms with van der Waals surface area (Å²) < 4.78 is 5.32. The maximum absolute atomic E-state index is 5.32. The SMILES string of the molecule is CCNCC(Cc1cccc(OC)c1)Cc1cnc(C)s1. The molecule has 0 aliphatic heterocycles. The molecule has 1 heterocycles. The Bertz CT molecular complexity index is 553. The minimum absolute atomic E-state index is 0.580. The van der Waals surface area contributed by atoms with Crippen molar-refractivity contribution in [2.75, 3.05) is 20.2 Å². The summed E-state index contributed by atoms with van der Waals surface area (Å²) in [5.74, 6) is 1.51. The number of thiazole rings is 1. The summed E-state index contributed by atoms with van der Waals surface area (Å²) in [4.78, 5) is 5.74. The van der Waals surface area contributed by atoms with Gasteiger partial charge in [-0.3, -0.25) is 0 Å². The number of rotatable bonds is 8. The number of aryl methyl sites for hydroxylation is 1. The van der Waals surface area contributed by atoms with Crippen LogP contribution in [-0.4, -0.2) is 25.2 Å². The smallest absolute Gasteiger partial charge is 0.119 e. The highest BCUT2D eigenvalue weighted by Gasteiger charge is 2.12. The van der Waals surface area contributed by atoms with E-state index in [0.717, 1.165) is 36.7 Å². The van der Waals surface area contributed by atoms with Gasteiger partial charge in [0, 0.05) is 11.1 Å². The zero-order valence-corrected chi connectivity index (χ0v) is 13.9. The fourth-order valence-electron chi connectivity index (χ4n) is 2.48. The minimum atomic E-state index is 0.580. The Labute approximate surface area is 131 Å². The van der Waals surface area contributed by atoms with Gasteiger partial charge in [0.05, 0.1) is 12.1 Å². The second kappa shape index (κ2) is 8.15. The van der Waals surface area contributed by atoms with Crippen LogP contribution in [0.1, 0.15) is 22.4 Å². The molecular formula is C17H24N2OS. The van der Waals surface area contributed by atoms with Crippen LogP contribution in [0.25, 0.3) is 0 Å². The van der Waals surface area contributed by atoms with Gasteiger partial charge in [0.1, 0.15) is 5.75 Å². The molecule has 4 heteroatoms. The number of ether oxygens (including phenoxy) is 1. The molecule has 0 spiro atoms. The van der Waals surface area contributed by atoms with Crippen molar-refractivity contribution in [3.63, 3.8) is 0 Å². The summed E-state index contributed by atoms with van der Waals surface area (Å²) in [5, 5.41) is 4.62. The third-order valence-corrected chi connectivity index (χ3v) is 4.44. The van der Waals surface area contributed by atoms with E-state index >= 15 is 0 Å². The first-order chi connectivity index (χ1) is 10.2. The highest BCUT2D eigenvalue weighted by molar-refractivity contribution is 7.11. The van der Waals surface area contributed by atoms with Crippen molar-refractivity contribution in [3.05, 3.63) is 45.9 Å². The van der Waals surface area contributed by atoms with E-state index in [1.807, 2.05) is 12.3 Å². The van der Waals surface area contributed by atoms with Gasteiger partial charge >= 0.3 is 0 Å². The Balaban J connectivity index is 2.04. The molecule has 0 bridgehead atoms. The molecule has 1 N–H and O–H groups in total. The van der Waals surface area contributed by atoms with Crippen molar-refractivity contribution < 1.29 is 4.74 Å². The third-order valence-electron chi connectivity index (χ3n) is 3.50. The Morgan fingerprint density at radius 3 is 2.86 bits per heavy atom. The lowest BCUT2D eigenvalue weighted by molar-refractivity contribution is 0.413. The Morgan fingerprint density at radius 1 is 1.33 bits per heavy atom. The summed E-state index contributed by atoms with van der Waals surface area (Å²) in [6.45, 7) is 6.26. The van der Waals surface area contributed by atoms with Crippen LogP contribution in [0.5, 0.6) is 5.75 Å². The van der Waals surface area contributed by atoms with Gasteiger partial charge in [-0.1, -0.05) is 19.1 Å². The molecule has 2 rings (SSSR count). The number of benzene rings is 1. The molecular weight excluding hydrogens is 280 g/mol. The summed E-state index contributed by atoms with van der Waals surface area (Å²) >= 11 is 1.80. The molecule has 0 radical (unpaired) electrons. The van der Waals surface area contributed by atoms with E-state index in [1.54, 1.807) is 18.4 Å². The normalized spacial score (nSPS) is 12.3. The van der Waals surface area contributed by atoms with Crippen molar-refractivity contribution in [1.29, 1.82) is 0 Å². The number of nitrogens with one attached hydrogen (secondary N) is 1. The van der Waals surface area contributed by atoms with Crippen LogP contribution in [-0.2, 0) is 12.8 Å². The van der Waals surface area contributed by atoms with Crippen LogP contribution in [0.4, 0.5) is 0 Å². The first kappa shape index (κ1) is 16.0. The fraction of sp³-hybridized carbons (Fsp3) is 0.471. The van der Waals surface area contributed by atoms with Gasteiger partial charge in [0.2, 0.25) is 0 Å². The third kappa shape index (κ3) is 5.14. The zero-order valence-electron chi connectivity index (χ0n) is 13.1. The Morgan fingerprint density at radius 2 is 2.19 bits per heavy atom. The maximum Gasteiger partial charge on any atom is 0.119 e. The van der Waals surface area contributed by atoms with Crippen molar-refractivity contribution in [2.45, 2.75) is 26.7 Å². The number of hydrogen-bond donors (Lipinski definition) is 1. The van der Waals surface area contributed by atoms with E-state index in [9.17, 15) is 0 Å². The predicted molar refractivity (Wildman–Crippen MR) is 89.3 cm³/mol. The monoisotopic (exact) mass is 304 g/mol. The molecule has 1 aromatic carbocycles. The quantitative estimate of drug-likeness (QED) is 0.811. The van der Waals surface area contributed by atoms with Crippen LogP contribution in [0, 0.1) is 12.8 Å². The lowest BCUT2D eigenvalue weighted by Gasteiger charge is -2.17. The average Bonchev–Trinajstić information content (AvgIpc) is 2.90. The van der Waals surface area contributed by atoms with E-state index in [0.29, 0.717) is 5.92 Å². The summed E-state index contributed by atoms with van der Waals surface area (Å²) in [6, 6.07) is 8.38. The molecule has 0 saturated heterocycles. The van der Waals surface area contributed by atoms with Crippen LogP contribution >= 0.6 is 11.3 Å². The lowest BCUT2D eigenvalue weighted by Crippen LogP contribution is -2.25. The van der Waals surface area contributed by atoms with Crippen molar-refractivity contribution in [1.82, 2.24) is 10.3 Å². The van der Waals surface area contributed by atoms with Crippen LogP contribution in [0.15, 0.2) is 30.5 Å². The fourth-order valence-corrected chi connectivity index (χ4v) is 3.39. The second-order valence-electron chi connectivity index (χ2n) is 5.28. The molecule has 1 atom stereocenters. The highest BCUT2D eigenvalue weighted by atomic mass is 32.1. The molecule has 0 aliphatic carbocycles. The van der Waals surface area contributed by atoms with Gasteiger partial charge in [-0.25, -0.2) is 4.98 Å². The van der Waals surface area contributed by atoms with Crippen LogP contribution in [0.3, 0.4) is 0 Å². The average molecular weight is 304 g/mol. The maximum atomic E-state index is 5.32. The van der Waals surface area contributed by atoms with Crippen LogP contribution < -0.4 is 10.1 Å². The molecule has 0 saturated carbocycles. The van der Waals surface area contributed by atoms with Gasteiger partial charge < -0.3 is 10.1 Å². The standard InChI is InChI=1S/C17H24N2OS/c1-4-18-11-15(10-17-12-19-13(2)21-17)8-14-6-5-7-16(9-14)20-3/h5-7,9,12,15,18H,4,8,10-11H2,1-3H3. The molecule has 3 nitrogen and oxygen atoms in total. The van der Waals surface area contributed by atoms with E-state index in [2.05, 4.69) is 42.3 Å². The molecule has 2 aromatic rings. The van der Waals surface area contributed by atoms with E-state index in [-0.39, 0.29) is 0 Å². The highest BCUT2D eigenvalue weighted by Crippen LogP contribution is 2.21. The largest absolute Gasteiger partial charge is 0.497 e. The van der Waals surface area contributed by atoms with Gasteiger partial charge in [-0.2, -0.15) is 0 Å². The van der Waals surface area contributed by atoms with E-state index in [4.69, 9.17) is 4.74 Å². The van der Waals surface area contributed by atoms with Crippen molar-refractivity contribution in [2.24, 2.45) is 5.92 Å². The first-order valence-electron chi connectivity index (χ1n) is 7.46. The lowest BCUT2D eigenvalue weighted by atomic mass is 9.95. The summed E-state index contributed by atoms with van der Waals surface area (Å²) in [7, 11) is 1.72. The summed E-state index contributed by atoms with van der Waals surface area (Å²) in [6.07, 6.45) is 4.15. The summed E-state index contributed by atoms with van der Waals surface area (Å²) in [5.41, 5.74) is 1.33. The molecule has 0 amide bonds. The second-order valence-corrected chi connectivity index (χ2v) is 6.60. The molecule has 1 unspecified atom stereocenters. The Kier molecular flexibility index (Phi) is 6.21. The van der Waals surface area contributed by atoms with Gasteiger partial charge in [-0.15, -0.1) is 11.3 Å².